The maximum Gasteiger partial charge on any atom is 0.135 e. The molecule has 0 aromatic rings. The van der Waals surface area contributed by atoms with Crippen LogP contribution in [0.25, 0.3) is 0 Å². The number of likely N-dealkylation sites (N-methyl/N-ethyl adjacent to an activating group) is 1. The van der Waals surface area contributed by atoms with Crippen LogP contribution in [-0.2, 0) is 0 Å². The normalized spacial score (nSPS) is 26.4. The van der Waals surface area contributed by atoms with Crippen LogP contribution in [0, 0.1) is 0 Å². The lowest BCUT2D eigenvalue weighted by atomic mass is 10.1. The van der Waals surface area contributed by atoms with Crippen molar-refractivity contribution < 1.29 is 4.48 Å². The minimum absolute atomic E-state index is 0.708. The fourth-order valence-electron chi connectivity index (χ4n) is 2.93. The summed E-state index contributed by atoms with van der Waals surface area (Å²) in [6.07, 6.45) is 2.69. The van der Waals surface area contributed by atoms with Gasteiger partial charge in [0.25, 0.3) is 0 Å². The molecule has 0 N–H and O–H groups in total. The zero-order valence-corrected chi connectivity index (χ0v) is 11.3. The molecule has 2 heteroatoms. The highest BCUT2D eigenvalue weighted by Crippen LogP contribution is 2.26. The molecule has 0 bridgehead atoms. The smallest absolute Gasteiger partial charge is 0.135 e. The van der Waals surface area contributed by atoms with Gasteiger partial charge >= 0.3 is 0 Å². The molecule has 0 aromatic heterocycles. The Morgan fingerprint density at radius 2 is 1.80 bits per heavy atom. The van der Waals surface area contributed by atoms with Gasteiger partial charge in [0.1, 0.15) is 6.67 Å². The van der Waals surface area contributed by atoms with Crippen molar-refractivity contribution in [3.05, 3.63) is 0 Å². The van der Waals surface area contributed by atoms with Crippen LogP contribution in [-0.4, -0.2) is 47.8 Å². The van der Waals surface area contributed by atoms with E-state index in [1.807, 2.05) is 0 Å². The molecule has 0 aliphatic carbocycles. The second-order valence-electron chi connectivity index (χ2n) is 5.35. The average Bonchev–Trinajstić information content (AvgIpc) is 2.59. The van der Waals surface area contributed by atoms with Gasteiger partial charge in [0, 0.05) is 6.04 Å². The summed E-state index contributed by atoms with van der Waals surface area (Å²) in [5.74, 6) is 0. The van der Waals surface area contributed by atoms with Crippen LogP contribution in [0.3, 0.4) is 0 Å². The lowest BCUT2D eigenvalue weighted by Gasteiger charge is -2.32. The molecule has 2 nitrogen and oxygen atoms in total. The van der Waals surface area contributed by atoms with E-state index in [4.69, 9.17) is 0 Å². The third kappa shape index (κ3) is 2.73. The molecule has 15 heavy (non-hydrogen) atoms. The van der Waals surface area contributed by atoms with Crippen molar-refractivity contribution in [2.45, 2.75) is 59.5 Å². The standard InChI is InChI=1S/C13H29N2/c1-6-9-13-10-15(7-2,8-3)11-14(13)12(4)5/h12-13H,6-11H2,1-5H3/q+1. The van der Waals surface area contributed by atoms with E-state index in [0.717, 1.165) is 6.04 Å². The topological polar surface area (TPSA) is 3.24 Å². The van der Waals surface area contributed by atoms with E-state index in [-0.39, 0.29) is 0 Å². The van der Waals surface area contributed by atoms with Crippen LogP contribution < -0.4 is 0 Å². The molecule has 1 fully saturated rings. The van der Waals surface area contributed by atoms with Crippen molar-refractivity contribution in [1.82, 2.24) is 4.90 Å². The Hall–Kier alpha value is -0.0800. The summed E-state index contributed by atoms with van der Waals surface area (Å²) in [5, 5.41) is 0. The summed E-state index contributed by atoms with van der Waals surface area (Å²) in [5.41, 5.74) is 0. The van der Waals surface area contributed by atoms with E-state index in [9.17, 15) is 0 Å². The van der Waals surface area contributed by atoms with E-state index in [1.54, 1.807) is 0 Å². The molecule has 0 aromatic carbocycles. The van der Waals surface area contributed by atoms with E-state index >= 15 is 0 Å². The maximum absolute atomic E-state index is 2.72. The van der Waals surface area contributed by atoms with Gasteiger partial charge in [0.05, 0.1) is 25.7 Å². The zero-order chi connectivity index (χ0) is 11.5. The zero-order valence-electron chi connectivity index (χ0n) is 11.3. The molecule has 0 spiro atoms. The first kappa shape index (κ1) is 13.0. The van der Waals surface area contributed by atoms with Gasteiger partial charge in [-0.1, -0.05) is 13.3 Å². The van der Waals surface area contributed by atoms with Crippen molar-refractivity contribution in [3.63, 3.8) is 0 Å². The van der Waals surface area contributed by atoms with Gasteiger partial charge in [0.15, 0.2) is 0 Å². The van der Waals surface area contributed by atoms with Crippen LogP contribution in [0.5, 0.6) is 0 Å². The van der Waals surface area contributed by atoms with Crippen LogP contribution in [0.2, 0.25) is 0 Å². The van der Waals surface area contributed by atoms with Crippen molar-refractivity contribution in [3.8, 4) is 0 Å². The Labute approximate surface area is 95.8 Å². The predicted octanol–water partition coefficient (Wildman–Crippen LogP) is 2.69. The van der Waals surface area contributed by atoms with Gasteiger partial charge < -0.3 is 4.48 Å². The van der Waals surface area contributed by atoms with Crippen LogP contribution in [0.4, 0.5) is 0 Å². The molecule has 0 amide bonds. The molecule has 1 saturated heterocycles. The van der Waals surface area contributed by atoms with Crippen molar-refractivity contribution >= 4 is 0 Å². The number of hydrogen-bond donors (Lipinski definition) is 0. The van der Waals surface area contributed by atoms with Gasteiger partial charge in [-0.15, -0.1) is 0 Å². The first-order chi connectivity index (χ1) is 7.08. The number of hydrogen-bond acceptors (Lipinski definition) is 1. The fourth-order valence-corrected chi connectivity index (χ4v) is 2.93. The monoisotopic (exact) mass is 213 g/mol. The summed E-state index contributed by atoms with van der Waals surface area (Å²) in [6, 6.07) is 1.54. The maximum atomic E-state index is 2.72. The second kappa shape index (κ2) is 5.31. The molecule has 1 rings (SSSR count). The summed E-state index contributed by atoms with van der Waals surface area (Å²) in [6.45, 7) is 16.9. The molecule has 1 unspecified atom stereocenters. The largest absolute Gasteiger partial charge is 0.310 e. The first-order valence-electron chi connectivity index (χ1n) is 6.69. The van der Waals surface area contributed by atoms with Gasteiger partial charge in [-0.3, -0.25) is 0 Å². The fraction of sp³-hybridized carbons (Fsp3) is 1.00. The average molecular weight is 213 g/mol. The van der Waals surface area contributed by atoms with Crippen molar-refractivity contribution in [1.29, 1.82) is 0 Å². The molecule has 0 saturated carbocycles. The molecule has 90 valence electrons. The Balaban J connectivity index is 2.71. The molecule has 1 aliphatic heterocycles. The lowest BCUT2D eigenvalue weighted by Crippen LogP contribution is -2.47. The Morgan fingerprint density at radius 1 is 1.20 bits per heavy atom. The molecule has 1 atom stereocenters. The first-order valence-corrected chi connectivity index (χ1v) is 6.69. The highest BCUT2D eigenvalue weighted by molar-refractivity contribution is 4.77. The van der Waals surface area contributed by atoms with Crippen LogP contribution >= 0.6 is 0 Å². The summed E-state index contributed by atoms with van der Waals surface area (Å²) in [7, 11) is 0. The third-order valence-corrected chi connectivity index (χ3v) is 4.16. The molecule has 1 aliphatic rings. The number of nitrogens with zero attached hydrogens (tertiary/aromatic N) is 2. The molecular formula is C13H29N2+. The highest BCUT2D eigenvalue weighted by atomic mass is 15.5. The molecular weight excluding hydrogens is 184 g/mol. The lowest BCUT2D eigenvalue weighted by molar-refractivity contribution is -0.918. The molecule has 1 heterocycles. The number of quaternary nitrogens is 1. The summed E-state index contributed by atoms with van der Waals surface area (Å²) < 4.78 is 1.31. The SMILES string of the molecule is CCCC1C[N+](CC)(CC)CN1C(C)C. The minimum atomic E-state index is 0.708. The van der Waals surface area contributed by atoms with Crippen molar-refractivity contribution in [2.75, 3.05) is 26.3 Å². The van der Waals surface area contributed by atoms with Gasteiger partial charge in [-0.05, 0) is 34.1 Å². The van der Waals surface area contributed by atoms with Gasteiger partial charge in [-0.2, -0.15) is 0 Å². The van der Waals surface area contributed by atoms with E-state index in [1.165, 1.54) is 43.6 Å². The minimum Gasteiger partial charge on any atom is -0.310 e. The van der Waals surface area contributed by atoms with Crippen LogP contribution in [0.15, 0.2) is 0 Å². The highest BCUT2D eigenvalue weighted by Gasteiger charge is 2.41. The quantitative estimate of drug-likeness (QED) is 0.635. The second-order valence-corrected chi connectivity index (χ2v) is 5.35. The summed E-state index contributed by atoms with van der Waals surface area (Å²) >= 11 is 0. The third-order valence-electron chi connectivity index (χ3n) is 4.16. The van der Waals surface area contributed by atoms with E-state index < -0.39 is 0 Å². The Kier molecular flexibility index (Phi) is 4.60. The number of rotatable bonds is 5. The van der Waals surface area contributed by atoms with E-state index in [2.05, 4.69) is 39.5 Å². The predicted molar refractivity (Wildman–Crippen MR) is 66.7 cm³/mol. The Bertz CT molecular complexity index is 185. The summed E-state index contributed by atoms with van der Waals surface area (Å²) in [4.78, 5) is 2.72. The van der Waals surface area contributed by atoms with Crippen molar-refractivity contribution in [2.24, 2.45) is 0 Å². The van der Waals surface area contributed by atoms with Gasteiger partial charge in [0.2, 0.25) is 0 Å². The van der Waals surface area contributed by atoms with Gasteiger partial charge in [-0.25, -0.2) is 4.90 Å². The van der Waals surface area contributed by atoms with E-state index in [0.29, 0.717) is 6.04 Å². The molecule has 0 radical (unpaired) electrons. The van der Waals surface area contributed by atoms with Crippen LogP contribution in [0.1, 0.15) is 47.5 Å². The Morgan fingerprint density at radius 3 is 2.20 bits per heavy atom.